The van der Waals surface area contributed by atoms with Crippen LogP contribution in [0.15, 0.2) is 121 Å². The van der Waals surface area contributed by atoms with Gasteiger partial charge in [0.15, 0.2) is 0 Å². The standard InChI is InChI=1S/C76H108N4O28/c1-85-41-97-65-53-29-61(81)77-34-58-70(102-46-90-6)74(94-38-50-23-15-10-16-24-50)67(99-43-87-3)55(106-58)31-63(83)79-36-60-72(104-48-92-8)76(96-40-52-27-19-12-20-28-52)68(100-44-88-4)56(108-60)32-64(84)80-35-59-71(103-47-91-7)75(95-39-51-25-17-11-18-26-51)66(98-42-86-2)54(107-59)30-62(82)78-33-57(105-53)69(101-45-89-5)73(65)93-37-49-21-13-9-14-22-49/h9-28,53-60,65-76H,29-48H2,1-8H3,(H,77,81)(H,78,82)(H,79,83)(H,80,84)/t53-,54-,55-,56-,57-,58-,59-,60-,65+,66+,67+,68+,69-,70-,71-,72-,73-,74-,75-,76-/m1/s1. The zero-order chi connectivity index (χ0) is 76.2. The summed E-state index contributed by atoms with van der Waals surface area (Å²) < 4.78 is 150. The first-order valence-corrected chi connectivity index (χ1v) is 36.1. The predicted molar refractivity (Wildman–Crippen MR) is 379 cm³/mol. The molecule has 0 aromatic heterocycles. The molecule has 0 unspecified atom stereocenters. The van der Waals surface area contributed by atoms with Crippen LogP contribution >= 0.6 is 0 Å². The molecule has 0 saturated carbocycles. The zero-order valence-electron chi connectivity index (χ0n) is 62.7. The number of methoxy groups -OCH3 is 8. The first-order chi connectivity index (χ1) is 52.9. The Morgan fingerprint density at radius 3 is 0.574 bits per heavy atom. The number of hydrogen-bond acceptors (Lipinski definition) is 28. The molecule has 8 bridgehead atoms. The summed E-state index contributed by atoms with van der Waals surface area (Å²) in [5, 5.41) is 12.2. The molecule has 5 fully saturated rings. The molecular weight excluding hydrogens is 1420 g/mol. The van der Waals surface area contributed by atoms with Gasteiger partial charge in [0.1, 0.15) is 152 Å². The topological polar surface area (TPSA) is 338 Å². The van der Waals surface area contributed by atoms with Gasteiger partial charge in [-0.3, -0.25) is 19.2 Å². The first kappa shape index (κ1) is 85.8. The molecule has 4 aromatic rings. The summed E-state index contributed by atoms with van der Waals surface area (Å²) in [6.07, 6.45) is -22.6. The van der Waals surface area contributed by atoms with E-state index in [1.54, 1.807) is 0 Å². The fourth-order valence-electron chi connectivity index (χ4n) is 13.8. The summed E-state index contributed by atoms with van der Waals surface area (Å²) >= 11 is 0. The Bertz CT molecular complexity index is 2750. The summed E-state index contributed by atoms with van der Waals surface area (Å²) in [6, 6.07) is 37.7. The molecule has 0 radical (unpaired) electrons. The molecule has 4 N–H and O–H groups in total. The minimum Gasteiger partial charge on any atom is -0.368 e. The lowest BCUT2D eigenvalue weighted by Gasteiger charge is -2.47. The second-order valence-electron chi connectivity index (χ2n) is 26.2. The van der Waals surface area contributed by atoms with E-state index >= 15 is 19.2 Å². The van der Waals surface area contributed by atoms with Crippen molar-refractivity contribution in [2.75, 3.05) is 137 Å². The smallest absolute Gasteiger partial charge is 0.222 e. The summed E-state index contributed by atoms with van der Waals surface area (Å²) in [6.45, 7) is -2.69. The van der Waals surface area contributed by atoms with Gasteiger partial charge < -0.3 is 135 Å². The van der Waals surface area contributed by atoms with Gasteiger partial charge in [0.05, 0.1) is 76.5 Å². The summed E-state index contributed by atoms with van der Waals surface area (Å²) in [7, 11) is 11.7. The van der Waals surface area contributed by atoms with Crippen molar-refractivity contribution < 1.29 is 133 Å². The average Bonchev–Trinajstić information content (AvgIpc) is 0.805. The Kier molecular flexibility index (Phi) is 37.5. The van der Waals surface area contributed by atoms with E-state index in [1.807, 2.05) is 121 Å². The Hall–Kier alpha value is -6.20. The summed E-state index contributed by atoms with van der Waals surface area (Å²) in [5.74, 6) is -2.17. The van der Waals surface area contributed by atoms with E-state index < -0.39 is 146 Å². The molecule has 5 heterocycles. The maximum atomic E-state index is 15.0. The van der Waals surface area contributed by atoms with E-state index in [1.165, 1.54) is 56.9 Å². The fourth-order valence-corrected chi connectivity index (χ4v) is 13.8. The van der Waals surface area contributed by atoms with E-state index in [-0.39, 0.29) is 133 Å². The second kappa shape index (κ2) is 47.2. The van der Waals surface area contributed by atoms with Crippen LogP contribution in [0, 0.1) is 0 Å². The van der Waals surface area contributed by atoms with Crippen LogP contribution in [0.25, 0.3) is 0 Å². The molecule has 5 saturated heterocycles. The Morgan fingerprint density at radius 1 is 0.241 bits per heavy atom. The van der Waals surface area contributed by atoms with Gasteiger partial charge in [0.25, 0.3) is 0 Å². The molecule has 9 rings (SSSR count). The van der Waals surface area contributed by atoms with Crippen LogP contribution in [0.3, 0.4) is 0 Å². The van der Waals surface area contributed by atoms with E-state index in [9.17, 15) is 0 Å². The van der Waals surface area contributed by atoms with Crippen molar-refractivity contribution in [3.63, 3.8) is 0 Å². The van der Waals surface area contributed by atoms with Crippen LogP contribution in [-0.2, 0) is 159 Å². The largest absolute Gasteiger partial charge is 0.368 e. The number of rotatable bonds is 36. The lowest BCUT2D eigenvalue weighted by Crippen LogP contribution is -2.65. The van der Waals surface area contributed by atoms with E-state index in [0.29, 0.717) is 0 Å². The number of carbonyl (C=O) groups is 4. The van der Waals surface area contributed by atoms with E-state index in [0.717, 1.165) is 22.3 Å². The van der Waals surface area contributed by atoms with Gasteiger partial charge in [0.2, 0.25) is 23.6 Å². The third-order valence-electron chi connectivity index (χ3n) is 18.6. The van der Waals surface area contributed by atoms with Crippen LogP contribution in [-0.4, -0.2) is 283 Å². The second-order valence-corrected chi connectivity index (χ2v) is 26.2. The molecule has 4 amide bonds. The summed E-state index contributed by atoms with van der Waals surface area (Å²) in [5.41, 5.74) is 3.24. The summed E-state index contributed by atoms with van der Waals surface area (Å²) in [4.78, 5) is 60.2. The maximum absolute atomic E-state index is 15.0. The van der Waals surface area contributed by atoms with Crippen LogP contribution in [0.2, 0.25) is 0 Å². The minimum absolute atomic E-state index is 0.0607. The number of benzene rings is 4. The quantitative estimate of drug-likeness (QED) is 0.0474. The number of nitrogens with one attached hydrogen (secondary N) is 4. The Morgan fingerprint density at radius 2 is 0.407 bits per heavy atom. The highest BCUT2D eigenvalue weighted by Crippen LogP contribution is 2.37. The van der Waals surface area contributed by atoms with E-state index in [2.05, 4.69) is 21.3 Å². The molecule has 0 spiro atoms. The van der Waals surface area contributed by atoms with Crippen molar-refractivity contribution in [2.45, 2.75) is 174 Å². The van der Waals surface area contributed by atoms with Crippen molar-refractivity contribution in [3.05, 3.63) is 144 Å². The third-order valence-corrected chi connectivity index (χ3v) is 18.6. The normalized spacial score (nSPS) is 30.6. The number of fused-ring (bicyclic) bond motifs is 8. The first-order valence-electron chi connectivity index (χ1n) is 36.1. The highest BCUT2D eigenvalue weighted by molar-refractivity contribution is 5.78. The molecule has 32 heteroatoms. The third kappa shape index (κ3) is 25.9. The average molecular weight is 1530 g/mol. The lowest BCUT2D eigenvalue weighted by molar-refractivity contribution is -0.283. The maximum Gasteiger partial charge on any atom is 0.222 e. The molecule has 4 aromatic carbocycles. The number of amides is 4. The molecule has 0 aliphatic carbocycles. The van der Waals surface area contributed by atoms with Crippen molar-refractivity contribution in [1.82, 2.24) is 21.3 Å². The van der Waals surface area contributed by atoms with Gasteiger partial charge >= 0.3 is 0 Å². The SMILES string of the molecule is COCO[C@@H]1[C@@H](OCc2ccccc2)[C@H](OCOC)[C@H]2CNC(=O)C[C@H]3O[C@H](CNC(=O)C[C@H]4O[C@H](CNC(=O)C[C@H]5O[C@H](CNC(=O)C[C@H]1O2)[C@@H](OCOC)[C@H](OCc1ccccc1)[C@H]5OCOC)[C@@H](OCOC)[C@H](OCc1ccccc1)[C@H]4OCOC)[C@@H](OCOC)[C@H](OCc1ccccc1)[C@H]3OCOC. The molecule has 5 aliphatic heterocycles. The van der Waals surface area contributed by atoms with Crippen molar-refractivity contribution >= 4 is 23.6 Å². The van der Waals surface area contributed by atoms with Gasteiger partial charge in [-0.2, -0.15) is 0 Å². The highest BCUT2D eigenvalue weighted by atomic mass is 16.7. The van der Waals surface area contributed by atoms with Crippen LogP contribution in [0.4, 0.5) is 0 Å². The predicted octanol–water partition coefficient (Wildman–Crippen LogP) is 3.35. The number of carbonyl (C=O) groups excluding carboxylic acids is 4. The monoisotopic (exact) mass is 1520 g/mol. The molecular formula is C76H108N4O28. The molecule has 600 valence electrons. The van der Waals surface area contributed by atoms with Gasteiger partial charge in [-0.15, -0.1) is 0 Å². The highest BCUT2D eigenvalue weighted by Gasteiger charge is 2.54. The molecule has 20 atom stereocenters. The van der Waals surface area contributed by atoms with Gasteiger partial charge in [-0.1, -0.05) is 121 Å². The fraction of sp³-hybridized carbons (Fsp3) is 0.632. The molecule has 108 heavy (non-hydrogen) atoms. The van der Waals surface area contributed by atoms with E-state index in [4.69, 9.17) is 114 Å². The van der Waals surface area contributed by atoms with Crippen molar-refractivity contribution in [2.24, 2.45) is 0 Å². The number of ether oxygens (including phenoxy) is 24. The zero-order valence-corrected chi connectivity index (χ0v) is 62.7. The van der Waals surface area contributed by atoms with Gasteiger partial charge in [-0.05, 0) is 22.3 Å². The van der Waals surface area contributed by atoms with Crippen LogP contribution < -0.4 is 21.3 Å². The lowest BCUT2D eigenvalue weighted by atomic mass is 9.90. The van der Waals surface area contributed by atoms with Crippen LogP contribution in [0.1, 0.15) is 47.9 Å². The van der Waals surface area contributed by atoms with Crippen molar-refractivity contribution in [1.29, 1.82) is 0 Å². The molecule has 32 nitrogen and oxygen atoms in total. The van der Waals surface area contributed by atoms with Crippen LogP contribution in [0.5, 0.6) is 0 Å². The van der Waals surface area contributed by atoms with Gasteiger partial charge in [0, 0.05) is 83.1 Å². The van der Waals surface area contributed by atoms with Crippen molar-refractivity contribution in [3.8, 4) is 0 Å². The van der Waals surface area contributed by atoms with Gasteiger partial charge in [-0.25, -0.2) is 0 Å². The number of hydrogen-bond donors (Lipinski definition) is 4. The Labute approximate surface area is 630 Å². The minimum atomic E-state index is -1.12. The Balaban J connectivity index is 1.13. The molecule has 5 aliphatic rings.